The number of benzene rings is 2. The molecule has 1 unspecified atom stereocenters. The van der Waals surface area contributed by atoms with Crippen LogP contribution < -0.4 is 11.3 Å². The summed E-state index contributed by atoms with van der Waals surface area (Å²) in [6.45, 7) is 2.00. The first-order valence-electron chi connectivity index (χ1n) is 6.39. The van der Waals surface area contributed by atoms with E-state index in [-0.39, 0.29) is 6.04 Å². The molecule has 1 aromatic heterocycles. The summed E-state index contributed by atoms with van der Waals surface area (Å²) < 4.78 is 1.26. The molecule has 0 aliphatic heterocycles. The van der Waals surface area contributed by atoms with Crippen molar-refractivity contribution < 1.29 is 0 Å². The molecule has 0 bridgehead atoms. The van der Waals surface area contributed by atoms with E-state index in [0.717, 1.165) is 16.1 Å². The van der Waals surface area contributed by atoms with Gasteiger partial charge in [-0.25, -0.2) is 5.43 Å². The molecule has 102 valence electrons. The lowest BCUT2D eigenvalue weighted by molar-refractivity contribution is 0.647. The van der Waals surface area contributed by atoms with Crippen LogP contribution in [-0.4, -0.2) is 0 Å². The van der Waals surface area contributed by atoms with Crippen LogP contribution in [0.1, 0.15) is 22.0 Å². The Balaban J connectivity index is 2.06. The first kappa shape index (κ1) is 13.6. The number of nitrogens with one attached hydrogen (secondary N) is 1. The van der Waals surface area contributed by atoms with Gasteiger partial charge in [0.05, 0.1) is 6.04 Å². The highest BCUT2D eigenvalue weighted by molar-refractivity contribution is 7.19. The van der Waals surface area contributed by atoms with Crippen LogP contribution in [0.3, 0.4) is 0 Å². The molecule has 0 amide bonds. The fourth-order valence-electron chi connectivity index (χ4n) is 2.28. The van der Waals surface area contributed by atoms with E-state index in [0.29, 0.717) is 0 Å². The highest BCUT2D eigenvalue weighted by Gasteiger charge is 2.16. The highest BCUT2D eigenvalue weighted by Crippen LogP contribution is 2.33. The summed E-state index contributed by atoms with van der Waals surface area (Å²) in [5.41, 5.74) is 5.04. The van der Waals surface area contributed by atoms with Crippen LogP contribution in [0.25, 0.3) is 10.1 Å². The van der Waals surface area contributed by atoms with Crippen molar-refractivity contribution in [3.8, 4) is 0 Å². The molecule has 3 rings (SSSR count). The van der Waals surface area contributed by atoms with Gasteiger partial charge >= 0.3 is 0 Å². The molecule has 0 aliphatic rings. The van der Waals surface area contributed by atoms with Crippen molar-refractivity contribution in [3.63, 3.8) is 0 Å². The molecule has 0 fully saturated rings. The van der Waals surface area contributed by atoms with Crippen LogP contribution in [0.15, 0.2) is 48.5 Å². The zero-order valence-corrected chi connectivity index (χ0v) is 12.6. The molecule has 2 nitrogen and oxygen atoms in total. The lowest BCUT2D eigenvalue weighted by Gasteiger charge is -2.15. The summed E-state index contributed by atoms with van der Waals surface area (Å²) >= 11 is 7.97. The number of fused-ring (bicyclic) bond motifs is 1. The number of thiophene rings is 1. The van der Waals surface area contributed by atoms with Crippen molar-refractivity contribution in [2.45, 2.75) is 13.0 Å². The number of nitrogens with two attached hydrogens (primary N) is 1. The van der Waals surface area contributed by atoms with Gasteiger partial charge in [-0.05, 0) is 41.6 Å². The van der Waals surface area contributed by atoms with Crippen molar-refractivity contribution >= 4 is 33.0 Å². The van der Waals surface area contributed by atoms with Crippen LogP contribution in [-0.2, 0) is 0 Å². The van der Waals surface area contributed by atoms with Gasteiger partial charge in [-0.2, -0.15) is 0 Å². The van der Waals surface area contributed by atoms with E-state index >= 15 is 0 Å². The monoisotopic (exact) mass is 302 g/mol. The second-order valence-electron chi connectivity index (χ2n) is 4.79. The summed E-state index contributed by atoms with van der Waals surface area (Å²) in [6, 6.07) is 16.5. The minimum absolute atomic E-state index is 0.0366. The standard InChI is InChI=1S/C16H15ClN2S/c1-10-6-7-12(8-13(10)17)16(19-18)15-9-11-4-2-3-5-14(11)20-15/h2-9,16,19H,18H2,1H3. The van der Waals surface area contributed by atoms with Gasteiger partial charge in [0.25, 0.3) is 0 Å². The van der Waals surface area contributed by atoms with Crippen molar-refractivity contribution in [2.24, 2.45) is 5.84 Å². The molecule has 3 aromatic rings. The Kier molecular flexibility index (Phi) is 3.76. The number of rotatable bonds is 3. The van der Waals surface area contributed by atoms with Gasteiger partial charge in [-0.15, -0.1) is 11.3 Å². The van der Waals surface area contributed by atoms with E-state index in [1.54, 1.807) is 11.3 Å². The first-order chi connectivity index (χ1) is 9.69. The van der Waals surface area contributed by atoms with Gasteiger partial charge in [0.1, 0.15) is 0 Å². The molecule has 20 heavy (non-hydrogen) atoms. The van der Waals surface area contributed by atoms with E-state index in [2.05, 4.69) is 35.8 Å². The fraction of sp³-hybridized carbons (Fsp3) is 0.125. The Morgan fingerprint density at radius 1 is 1.15 bits per heavy atom. The average molecular weight is 303 g/mol. The van der Waals surface area contributed by atoms with Crippen LogP contribution in [0, 0.1) is 6.92 Å². The molecule has 3 N–H and O–H groups in total. The van der Waals surface area contributed by atoms with Gasteiger partial charge in [0.2, 0.25) is 0 Å². The first-order valence-corrected chi connectivity index (χ1v) is 7.59. The van der Waals surface area contributed by atoms with Crippen molar-refractivity contribution in [1.29, 1.82) is 0 Å². The third-order valence-corrected chi connectivity index (χ3v) is 5.01. The summed E-state index contributed by atoms with van der Waals surface area (Å²) in [5, 5.41) is 2.01. The second-order valence-corrected chi connectivity index (χ2v) is 6.32. The molecule has 1 atom stereocenters. The molecular weight excluding hydrogens is 288 g/mol. The smallest absolute Gasteiger partial charge is 0.0803 e. The zero-order valence-electron chi connectivity index (χ0n) is 11.1. The van der Waals surface area contributed by atoms with Gasteiger partial charge in [0.15, 0.2) is 0 Å². The maximum Gasteiger partial charge on any atom is 0.0803 e. The molecular formula is C16H15ClN2S. The van der Waals surface area contributed by atoms with Gasteiger partial charge < -0.3 is 0 Å². The maximum absolute atomic E-state index is 6.22. The third kappa shape index (κ3) is 2.45. The van der Waals surface area contributed by atoms with Crippen molar-refractivity contribution in [2.75, 3.05) is 0 Å². The number of halogens is 1. The predicted octanol–water partition coefficient (Wildman–Crippen LogP) is 4.42. The summed E-state index contributed by atoms with van der Waals surface area (Å²) in [4.78, 5) is 1.19. The van der Waals surface area contributed by atoms with E-state index in [1.807, 2.05) is 25.1 Å². The fourth-order valence-corrected chi connectivity index (χ4v) is 3.62. The minimum atomic E-state index is -0.0366. The molecule has 1 heterocycles. The topological polar surface area (TPSA) is 38.0 Å². The number of aryl methyl sites for hydroxylation is 1. The molecule has 0 saturated heterocycles. The van der Waals surface area contributed by atoms with Gasteiger partial charge in [0, 0.05) is 14.6 Å². The summed E-state index contributed by atoms with van der Waals surface area (Å²) in [7, 11) is 0. The average Bonchev–Trinajstić information content (AvgIpc) is 2.87. The quantitative estimate of drug-likeness (QED) is 0.555. The Labute approximate surface area is 127 Å². The zero-order chi connectivity index (χ0) is 14.1. The number of hydrazine groups is 1. The minimum Gasteiger partial charge on any atom is -0.271 e. The second kappa shape index (κ2) is 5.54. The SMILES string of the molecule is Cc1ccc(C(NN)c2cc3ccccc3s2)cc1Cl. The third-order valence-electron chi connectivity index (χ3n) is 3.42. The van der Waals surface area contributed by atoms with E-state index < -0.39 is 0 Å². The van der Waals surface area contributed by atoms with Crippen LogP contribution in [0.5, 0.6) is 0 Å². The number of hydrogen-bond donors (Lipinski definition) is 2. The lowest BCUT2D eigenvalue weighted by Crippen LogP contribution is -2.28. The van der Waals surface area contributed by atoms with E-state index in [4.69, 9.17) is 17.4 Å². The molecule has 0 spiro atoms. The van der Waals surface area contributed by atoms with Crippen molar-refractivity contribution in [1.82, 2.24) is 5.43 Å². The van der Waals surface area contributed by atoms with Crippen molar-refractivity contribution in [3.05, 3.63) is 69.6 Å². The lowest BCUT2D eigenvalue weighted by atomic mass is 10.0. The predicted molar refractivity (Wildman–Crippen MR) is 87.2 cm³/mol. The Morgan fingerprint density at radius 2 is 1.95 bits per heavy atom. The number of hydrogen-bond acceptors (Lipinski definition) is 3. The normalized spacial score (nSPS) is 12.8. The van der Waals surface area contributed by atoms with Crippen LogP contribution in [0.4, 0.5) is 0 Å². The molecule has 0 aliphatic carbocycles. The van der Waals surface area contributed by atoms with Gasteiger partial charge in [-0.1, -0.05) is 41.9 Å². The Bertz CT molecular complexity index is 718. The van der Waals surface area contributed by atoms with Gasteiger partial charge in [-0.3, -0.25) is 5.84 Å². The molecule has 4 heteroatoms. The summed E-state index contributed by atoms with van der Waals surface area (Å²) in [6.07, 6.45) is 0. The largest absolute Gasteiger partial charge is 0.271 e. The Hall–Kier alpha value is -1.39. The van der Waals surface area contributed by atoms with Crippen LogP contribution in [0.2, 0.25) is 5.02 Å². The summed E-state index contributed by atoms with van der Waals surface area (Å²) in [5.74, 6) is 5.76. The van der Waals surface area contributed by atoms with E-state index in [1.165, 1.54) is 15.0 Å². The Morgan fingerprint density at radius 3 is 2.65 bits per heavy atom. The maximum atomic E-state index is 6.22. The molecule has 0 radical (unpaired) electrons. The van der Waals surface area contributed by atoms with E-state index in [9.17, 15) is 0 Å². The van der Waals surface area contributed by atoms with Crippen LogP contribution >= 0.6 is 22.9 Å². The molecule has 0 saturated carbocycles. The molecule has 2 aromatic carbocycles. The highest BCUT2D eigenvalue weighted by atomic mass is 35.5.